The lowest BCUT2D eigenvalue weighted by molar-refractivity contribution is -0.143. The van der Waals surface area contributed by atoms with E-state index in [1.165, 1.54) is 6.92 Å². The van der Waals surface area contributed by atoms with Crippen LogP contribution in [-0.2, 0) is 9.59 Å². The number of hydrogen-bond donors (Lipinski definition) is 2. The molecule has 0 aliphatic heterocycles. The second kappa shape index (κ2) is 4.98. The molecule has 1 saturated carbocycles. The van der Waals surface area contributed by atoms with Crippen molar-refractivity contribution >= 4 is 11.9 Å². The molecule has 14 heavy (non-hydrogen) atoms. The van der Waals surface area contributed by atoms with Crippen LogP contribution in [0, 0.1) is 11.8 Å². The highest BCUT2D eigenvalue weighted by Gasteiger charge is 2.25. The fourth-order valence-corrected chi connectivity index (χ4v) is 1.90. The van der Waals surface area contributed by atoms with Crippen LogP contribution < -0.4 is 5.32 Å². The molecule has 0 aromatic carbocycles. The number of nitrogens with one attached hydrogen (secondary N) is 1. The Bertz CT molecular complexity index is 219. The van der Waals surface area contributed by atoms with E-state index < -0.39 is 5.97 Å². The van der Waals surface area contributed by atoms with Crippen LogP contribution in [0.1, 0.15) is 32.6 Å². The number of carbonyl (C=O) groups is 2. The van der Waals surface area contributed by atoms with Crippen LogP contribution in [-0.4, -0.2) is 23.5 Å². The SMILES string of the molecule is CC(=O)NC[C@H]1CC[C@H](C(=O)O)CC1. The number of aliphatic carboxylic acids is 1. The lowest BCUT2D eigenvalue weighted by atomic mass is 9.82. The zero-order valence-electron chi connectivity index (χ0n) is 8.45. The van der Waals surface area contributed by atoms with Crippen molar-refractivity contribution in [3.8, 4) is 0 Å². The van der Waals surface area contributed by atoms with E-state index in [0.29, 0.717) is 12.5 Å². The summed E-state index contributed by atoms with van der Waals surface area (Å²) in [6, 6.07) is 0. The molecule has 0 aromatic rings. The zero-order chi connectivity index (χ0) is 10.6. The first-order chi connectivity index (χ1) is 6.59. The average Bonchev–Trinajstić information content (AvgIpc) is 2.15. The summed E-state index contributed by atoms with van der Waals surface area (Å²) in [5, 5.41) is 11.5. The first kappa shape index (κ1) is 11.0. The van der Waals surface area contributed by atoms with Gasteiger partial charge in [0.05, 0.1) is 5.92 Å². The zero-order valence-corrected chi connectivity index (χ0v) is 8.45. The molecule has 0 aromatic heterocycles. The standard InChI is InChI=1S/C10H17NO3/c1-7(12)11-6-8-2-4-9(5-3-8)10(13)14/h8-9H,2-6H2,1H3,(H,11,12)(H,13,14)/t8-,9-. The minimum Gasteiger partial charge on any atom is -0.481 e. The molecule has 4 nitrogen and oxygen atoms in total. The number of amides is 1. The van der Waals surface area contributed by atoms with Gasteiger partial charge in [-0.25, -0.2) is 0 Å². The van der Waals surface area contributed by atoms with E-state index in [0.717, 1.165) is 25.7 Å². The van der Waals surface area contributed by atoms with Gasteiger partial charge in [-0.05, 0) is 31.6 Å². The summed E-state index contributed by atoms with van der Waals surface area (Å²) in [5.74, 6) is -0.383. The van der Waals surface area contributed by atoms with E-state index in [1.54, 1.807) is 0 Å². The molecule has 0 unspecified atom stereocenters. The molecule has 0 radical (unpaired) electrons. The summed E-state index contributed by atoms with van der Waals surface area (Å²) >= 11 is 0. The number of rotatable bonds is 3. The van der Waals surface area contributed by atoms with Gasteiger partial charge in [-0.15, -0.1) is 0 Å². The quantitative estimate of drug-likeness (QED) is 0.713. The second-order valence-corrected chi connectivity index (χ2v) is 3.99. The Labute approximate surface area is 83.7 Å². The van der Waals surface area contributed by atoms with Crippen LogP contribution in [0.2, 0.25) is 0 Å². The van der Waals surface area contributed by atoms with Crippen LogP contribution in [0.15, 0.2) is 0 Å². The predicted octanol–water partition coefficient (Wildman–Crippen LogP) is 1.01. The molecule has 0 spiro atoms. The van der Waals surface area contributed by atoms with Gasteiger partial charge in [0, 0.05) is 13.5 Å². The Kier molecular flexibility index (Phi) is 3.92. The predicted molar refractivity (Wildman–Crippen MR) is 51.8 cm³/mol. The summed E-state index contributed by atoms with van der Waals surface area (Å²) in [6.07, 6.45) is 3.33. The van der Waals surface area contributed by atoms with Gasteiger partial charge in [-0.3, -0.25) is 9.59 Å². The molecule has 1 aliphatic carbocycles. The van der Waals surface area contributed by atoms with Gasteiger partial charge in [-0.2, -0.15) is 0 Å². The highest BCUT2D eigenvalue weighted by molar-refractivity contribution is 5.72. The Hall–Kier alpha value is -1.06. The van der Waals surface area contributed by atoms with Crippen molar-refractivity contribution < 1.29 is 14.7 Å². The average molecular weight is 199 g/mol. The number of carboxylic acid groups (broad SMARTS) is 1. The summed E-state index contributed by atoms with van der Waals surface area (Å²) in [4.78, 5) is 21.3. The minimum atomic E-state index is -0.678. The molecule has 1 fully saturated rings. The maximum atomic E-state index is 10.7. The number of carbonyl (C=O) groups excluding carboxylic acids is 1. The molecule has 0 atom stereocenters. The third kappa shape index (κ3) is 3.36. The molecule has 2 N–H and O–H groups in total. The van der Waals surface area contributed by atoms with E-state index in [1.807, 2.05) is 0 Å². The fourth-order valence-electron chi connectivity index (χ4n) is 1.90. The molecular weight excluding hydrogens is 182 g/mol. The van der Waals surface area contributed by atoms with Crippen LogP contribution in [0.5, 0.6) is 0 Å². The largest absolute Gasteiger partial charge is 0.481 e. The van der Waals surface area contributed by atoms with Crippen molar-refractivity contribution in [3.63, 3.8) is 0 Å². The maximum absolute atomic E-state index is 10.7. The first-order valence-corrected chi connectivity index (χ1v) is 5.07. The smallest absolute Gasteiger partial charge is 0.306 e. The molecule has 80 valence electrons. The van der Waals surface area contributed by atoms with Crippen molar-refractivity contribution in [1.82, 2.24) is 5.32 Å². The third-order valence-corrected chi connectivity index (χ3v) is 2.84. The molecular formula is C10H17NO3. The van der Waals surface area contributed by atoms with Gasteiger partial charge in [0.2, 0.25) is 5.91 Å². The van der Waals surface area contributed by atoms with Crippen LogP contribution >= 0.6 is 0 Å². The lowest BCUT2D eigenvalue weighted by Crippen LogP contribution is -2.31. The number of hydrogen-bond acceptors (Lipinski definition) is 2. The van der Waals surface area contributed by atoms with Crippen LogP contribution in [0.4, 0.5) is 0 Å². The molecule has 0 heterocycles. The monoisotopic (exact) mass is 199 g/mol. The van der Waals surface area contributed by atoms with E-state index in [-0.39, 0.29) is 11.8 Å². The Balaban J connectivity index is 2.22. The van der Waals surface area contributed by atoms with Gasteiger partial charge in [0.25, 0.3) is 0 Å². The molecule has 0 saturated heterocycles. The Morgan fingerprint density at radius 1 is 1.29 bits per heavy atom. The topological polar surface area (TPSA) is 66.4 Å². The van der Waals surface area contributed by atoms with Crippen molar-refractivity contribution in [3.05, 3.63) is 0 Å². The van der Waals surface area contributed by atoms with E-state index in [9.17, 15) is 9.59 Å². The molecule has 1 amide bonds. The second-order valence-electron chi connectivity index (χ2n) is 3.99. The normalized spacial score (nSPS) is 26.9. The number of carboxylic acids is 1. The van der Waals surface area contributed by atoms with Gasteiger partial charge in [-0.1, -0.05) is 0 Å². The third-order valence-electron chi connectivity index (χ3n) is 2.84. The van der Waals surface area contributed by atoms with Crippen LogP contribution in [0.3, 0.4) is 0 Å². The van der Waals surface area contributed by atoms with Crippen molar-refractivity contribution in [2.45, 2.75) is 32.6 Å². The molecule has 0 bridgehead atoms. The fraction of sp³-hybridized carbons (Fsp3) is 0.800. The molecule has 1 rings (SSSR count). The molecule has 1 aliphatic rings. The lowest BCUT2D eigenvalue weighted by Gasteiger charge is -2.25. The van der Waals surface area contributed by atoms with E-state index in [4.69, 9.17) is 5.11 Å². The Morgan fingerprint density at radius 3 is 2.29 bits per heavy atom. The van der Waals surface area contributed by atoms with Crippen molar-refractivity contribution in [1.29, 1.82) is 0 Å². The summed E-state index contributed by atoms with van der Waals surface area (Å²) in [7, 11) is 0. The van der Waals surface area contributed by atoms with Gasteiger partial charge in [0.1, 0.15) is 0 Å². The van der Waals surface area contributed by atoms with Gasteiger partial charge >= 0.3 is 5.97 Å². The van der Waals surface area contributed by atoms with E-state index in [2.05, 4.69) is 5.32 Å². The summed E-state index contributed by atoms with van der Waals surface area (Å²) in [5.41, 5.74) is 0. The summed E-state index contributed by atoms with van der Waals surface area (Å²) in [6.45, 7) is 2.20. The maximum Gasteiger partial charge on any atom is 0.306 e. The highest BCUT2D eigenvalue weighted by atomic mass is 16.4. The highest BCUT2D eigenvalue weighted by Crippen LogP contribution is 2.28. The molecule has 4 heteroatoms. The van der Waals surface area contributed by atoms with E-state index >= 15 is 0 Å². The first-order valence-electron chi connectivity index (χ1n) is 5.07. The minimum absolute atomic E-state index is 0.00893. The van der Waals surface area contributed by atoms with Crippen molar-refractivity contribution in [2.24, 2.45) is 11.8 Å². The van der Waals surface area contributed by atoms with Gasteiger partial charge < -0.3 is 10.4 Å². The van der Waals surface area contributed by atoms with Gasteiger partial charge in [0.15, 0.2) is 0 Å². The summed E-state index contributed by atoms with van der Waals surface area (Å²) < 4.78 is 0. The Morgan fingerprint density at radius 2 is 1.86 bits per heavy atom. The van der Waals surface area contributed by atoms with Crippen LogP contribution in [0.25, 0.3) is 0 Å². The van der Waals surface area contributed by atoms with Crippen molar-refractivity contribution in [2.75, 3.05) is 6.54 Å².